The SMILES string of the molecule is CNS(=O)(=O)c1cccc(C(=O)O[C@@H](C)C(=O)Nc2ncc(Cl)cc2Cl)c1. The summed E-state index contributed by atoms with van der Waals surface area (Å²) in [6.07, 6.45) is 0.114. The highest BCUT2D eigenvalue weighted by Gasteiger charge is 2.21. The Balaban J connectivity index is 2.09. The molecule has 1 heterocycles. The Morgan fingerprint density at radius 2 is 1.93 bits per heavy atom. The summed E-state index contributed by atoms with van der Waals surface area (Å²) in [7, 11) is -2.47. The lowest BCUT2D eigenvalue weighted by Crippen LogP contribution is -2.30. The number of ether oxygens (including phenoxy) is 1. The fourth-order valence-corrected chi connectivity index (χ4v) is 3.12. The molecule has 0 radical (unpaired) electrons. The van der Waals surface area contributed by atoms with Gasteiger partial charge in [-0.1, -0.05) is 29.3 Å². The Morgan fingerprint density at radius 3 is 2.56 bits per heavy atom. The molecule has 0 aliphatic rings. The van der Waals surface area contributed by atoms with Crippen molar-refractivity contribution in [3.8, 4) is 0 Å². The van der Waals surface area contributed by atoms with Crippen LogP contribution in [0.2, 0.25) is 10.0 Å². The summed E-state index contributed by atoms with van der Waals surface area (Å²) in [6.45, 7) is 1.35. The van der Waals surface area contributed by atoms with Gasteiger partial charge in [0.05, 0.1) is 20.5 Å². The Bertz CT molecular complexity index is 982. The van der Waals surface area contributed by atoms with E-state index in [2.05, 4.69) is 15.0 Å². The van der Waals surface area contributed by atoms with Crippen LogP contribution in [0.15, 0.2) is 41.4 Å². The van der Waals surface area contributed by atoms with Crippen molar-refractivity contribution in [3.63, 3.8) is 0 Å². The molecule has 11 heteroatoms. The largest absolute Gasteiger partial charge is 0.449 e. The summed E-state index contributed by atoms with van der Waals surface area (Å²) in [5, 5.41) is 2.84. The van der Waals surface area contributed by atoms with Crippen LogP contribution in [0.5, 0.6) is 0 Å². The van der Waals surface area contributed by atoms with Crippen LogP contribution in [0.4, 0.5) is 5.82 Å². The Kier molecular flexibility index (Phi) is 6.77. The molecular formula is C16H15Cl2N3O5S. The quantitative estimate of drug-likeness (QED) is 0.678. The second kappa shape index (κ2) is 8.66. The molecule has 2 aromatic rings. The number of halogens is 2. The highest BCUT2D eigenvalue weighted by Crippen LogP contribution is 2.22. The van der Waals surface area contributed by atoms with Crippen LogP contribution in [0, 0.1) is 0 Å². The monoisotopic (exact) mass is 431 g/mol. The highest BCUT2D eigenvalue weighted by atomic mass is 35.5. The van der Waals surface area contributed by atoms with E-state index in [0.29, 0.717) is 5.02 Å². The maximum atomic E-state index is 12.2. The fourth-order valence-electron chi connectivity index (χ4n) is 1.92. The number of hydrogen-bond acceptors (Lipinski definition) is 6. The number of nitrogens with one attached hydrogen (secondary N) is 2. The Hall–Kier alpha value is -2.20. The molecule has 1 aromatic heterocycles. The van der Waals surface area contributed by atoms with Gasteiger partial charge in [-0.25, -0.2) is 22.9 Å². The maximum Gasteiger partial charge on any atom is 0.338 e. The third kappa shape index (κ3) is 5.39. The third-order valence-electron chi connectivity index (χ3n) is 3.35. The molecule has 2 rings (SSSR count). The lowest BCUT2D eigenvalue weighted by atomic mass is 10.2. The van der Waals surface area contributed by atoms with Gasteiger partial charge in [0.2, 0.25) is 10.0 Å². The van der Waals surface area contributed by atoms with Crippen molar-refractivity contribution in [1.29, 1.82) is 0 Å². The van der Waals surface area contributed by atoms with Crippen molar-refractivity contribution in [2.24, 2.45) is 0 Å². The standard InChI is InChI=1S/C16H15Cl2N3O5S/c1-9(15(22)21-14-13(18)7-11(17)8-20-14)26-16(23)10-4-3-5-12(6-10)27(24,25)19-2/h3-9,19H,1-2H3,(H,20,21,22)/t9-/m0/s1. The molecule has 144 valence electrons. The number of anilines is 1. The van der Waals surface area contributed by atoms with E-state index in [-0.39, 0.29) is 21.3 Å². The first-order valence-electron chi connectivity index (χ1n) is 7.50. The van der Waals surface area contributed by atoms with Crippen LogP contribution in [-0.2, 0) is 19.6 Å². The van der Waals surface area contributed by atoms with E-state index in [1.807, 2.05) is 0 Å². The normalized spacial score (nSPS) is 12.3. The van der Waals surface area contributed by atoms with Crippen LogP contribution in [0.25, 0.3) is 0 Å². The molecule has 0 saturated carbocycles. The van der Waals surface area contributed by atoms with Gasteiger partial charge >= 0.3 is 5.97 Å². The first kappa shape index (κ1) is 21.1. The number of nitrogens with zero attached hydrogens (tertiary/aromatic N) is 1. The van der Waals surface area contributed by atoms with E-state index < -0.39 is 28.0 Å². The lowest BCUT2D eigenvalue weighted by molar-refractivity contribution is -0.123. The predicted octanol–water partition coefficient (Wildman–Crippen LogP) is 2.48. The predicted molar refractivity (Wildman–Crippen MR) is 100 cm³/mol. The molecule has 0 aliphatic heterocycles. The topological polar surface area (TPSA) is 114 Å². The number of rotatable bonds is 6. The van der Waals surface area contributed by atoms with Gasteiger partial charge in [-0.2, -0.15) is 0 Å². The van der Waals surface area contributed by atoms with Crippen molar-refractivity contribution in [2.75, 3.05) is 12.4 Å². The first-order chi connectivity index (χ1) is 12.6. The zero-order valence-corrected chi connectivity index (χ0v) is 16.5. The average Bonchev–Trinajstić information content (AvgIpc) is 2.63. The number of esters is 1. The molecule has 1 amide bonds. The Labute approximate surface area is 165 Å². The number of aromatic nitrogens is 1. The first-order valence-corrected chi connectivity index (χ1v) is 9.74. The summed E-state index contributed by atoms with van der Waals surface area (Å²) in [5.41, 5.74) is -0.0198. The second-order valence-electron chi connectivity index (χ2n) is 5.26. The fraction of sp³-hybridized carbons (Fsp3) is 0.188. The number of carbonyl (C=O) groups excluding carboxylic acids is 2. The summed E-state index contributed by atoms with van der Waals surface area (Å²) in [5.74, 6) is -1.46. The minimum Gasteiger partial charge on any atom is -0.449 e. The number of sulfonamides is 1. The van der Waals surface area contributed by atoms with E-state index in [0.717, 1.165) is 6.07 Å². The van der Waals surface area contributed by atoms with Crippen molar-refractivity contribution in [1.82, 2.24) is 9.71 Å². The zero-order chi connectivity index (χ0) is 20.2. The van der Waals surface area contributed by atoms with Crippen molar-refractivity contribution >= 4 is 50.9 Å². The van der Waals surface area contributed by atoms with Crippen LogP contribution >= 0.6 is 23.2 Å². The molecule has 0 unspecified atom stereocenters. The molecule has 8 nitrogen and oxygen atoms in total. The van der Waals surface area contributed by atoms with Crippen LogP contribution < -0.4 is 10.0 Å². The van der Waals surface area contributed by atoms with Gasteiger partial charge in [0.1, 0.15) is 0 Å². The number of carbonyl (C=O) groups is 2. The third-order valence-corrected chi connectivity index (χ3v) is 5.26. The van der Waals surface area contributed by atoms with E-state index in [4.69, 9.17) is 27.9 Å². The number of pyridine rings is 1. The summed E-state index contributed by atoms with van der Waals surface area (Å²) >= 11 is 11.7. The van der Waals surface area contributed by atoms with Gasteiger partial charge in [0, 0.05) is 6.20 Å². The molecule has 27 heavy (non-hydrogen) atoms. The van der Waals surface area contributed by atoms with Gasteiger partial charge in [0.25, 0.3) is 5.91 Å². The number of benzene rings is 1. The van der Waals surface area contributed by atoms with Crippen LogP contribution in [0.3, 0.4) is 0 Å². The maximum absolute atomic E-state index is 12.2. The van der Waals surface area contributed by atoms with Crippen molar-refractivity contribution in [3.05, 3.63) is 52.1 Å². The van der Waals surface area contributed by atoms with E-state index in [1.165, 1.54) is 44.4 Å². The van der Waals surface area contributed by atoms with Gasteiger partial charge < -0.3 is 10.1 Å². The second-order valence-corrected chi connectivity index (χ2v) is 7.99. The van der Waals surface area contributed by atoms with Crippen molar-refractivity contribution in [2.45, 2.75) is 17.9 Å². The van der Waals surface area contributed by atoms with Gasteiger partial charge in [-0.15, -0.1) is 0 Å². The van der Waals surface area contributed by atoms with Gasteiger partial charge in [-0.05, 0) is 38.2 Å². The van der Waals surface area contributed by atoms with E-state index >= 15 is 0 Å². The molecule has 0 fully saturated rings. The Morgan fingerprint density at radius 1 is 1.22 bits per heavy atom. The van der Waals surface area contributed by atoms with Crippen LogP contribution in [-0.4, -0.2) is 38.4 Å². The smallest absolute Gasteiger partial charge is 0.338 e. The van der Waals surface area contributed by atoms with Gasteiger partial charge in [0.15, 0.2) is 11.9 Å². The molecule has 0 aliphatic carbocycles. The van der Waals surface area contributed by atoms with Crippen LogP contribution in [0.1, 0.15) is 17.3 Å². The summed E-state index contributed by atoms with van der Waals surface area (Å²) < 4.78 is 30.8. The molecular weight excluding hydrogens is 417 g/mol. The minimum atomic E-state index is -3.72. The molecule has 2 N–H and O–H groups in total. The summed E-state index contributed by atoms with van der Waals surface area (Å²) in [4.78, 5) is 28.2. The highest BCUT2D eigenvalue weighted by molar-refractivity contribution is 7.89. The zero-order valence-electron chi connectivity index (χ0n) is 14.2. The lowest BCUT2D eigenvalue weighted by Gasteiger charge is -2.14. The molecule has 0 spiro atoms. The molecule has 0 saturated heterocycles. The number of amides is 1. The molecule has 1 atom stereocenters. The molecule has 0 bridgehead atoms. The minimum absolute atomic E-state index is 0.0198. The number of hydrogen-bond donors (Lipinski definition) is 2. The average molecular weight is 432 g/mol. The van der Waals surface area contributed by atoms with Crippen molar-refractivity contribution < 1.29 is 22.7 Å². The van der Waals surface area contributed by atoms with Gasteiger partial charge in [-0.3, -0.25) is 4.79 Å². The van der Waals surface area contributed by atoms with E-state index in [9.17, 15) is 18.0 Å². The molecule has 1 aromatic carbocycles. The summed E-state index contributed by atoms with van der Waals surface area (Å²) in [6, 6.07) is 6.64. The van der Waals surface area contributed by atoms with E-state index in [1.54, 1.807) is 0 Å².